The van der Waals surface area contributed by atoms with Crippen LogP contribution in [0.25, 0.3) is 0 Å². The van der Waals surface area contributed by atoms with Gasteiger partial charge in [-0.1, -0.05) is 115 Å². The second-order valence-corrected chi connectivity index (χ2v) is 11.4. The van der Waals surface area contributed by atoms with Gasteiger partial charge in [-0.2, -0.15) is 0 Å². The highest BCUT2D eigenvalue weighted by Crippen LogP contribution is 2.49. The summed E-state index contributed by atoms with van der Waals surface area (Å²) in [5.41, 5.74) is 1.83. The molecule has 0 radical (unpaired) electrons. The molecule has 0 nitrogen and oxygen atoms in total. The molecule has 0 aliphatic heterocycles. The third-order valence-electron chi connectivity index (χ3n) is 6.00. The van der Waals surface area contributed by atoms with Gasteiger partial charge < -0.3 is 0 Å². The van der Waals surface area contributed by atoms with E-state index >= 15 is 0 Å². The highest BCUT2D eigenvalue weighted by Gasteiger charge is 2.31. The van der Waals surface area contributed by atoms with Crippen LogP contribution in [-0.2, 0) is 0 Å². The molecule has 5 rings (SSSR count). The van der Waals surface area contributed by atoms with Crippen molar-refractivity contribution in [1.29, 1.82) is 0 Å². The lowest BCUT2D eigenvalue weighted by molar-refractivity contribution is 0.627. The molecule has 0 fully saturated rings. The zero-order valence-electron chi connectivity index (χ0n) is 18.5. The van der Waals surface area contributed by atoms with Crippen molar-refractivity contribution in [2.45, 2.75) is 0 Å². The first-order valence-electron chi connectivity index (χ1n) is 11.1. The van der Waals surface area contributed by atoms with Crippen molar-refractivity contribution in [2.24, 2.45) is 0 Å². The van der Waals surface area contributed by atoms with Gasteiger partial charge in [-0.05, 0) is 63.5 Å². The standard InChI is InChI=1S/C31H23F2P/c32-26-20-16-24(17-21-26)31(25-18-22-27(33)23-19-25)34(28-10-4-1-5-11-28,29-12-6-2-7-13-29)30-14-8-3-9-15-30/h1-23H. The van der Waals surface area contributed by atoms with Crippen LogP contribution in [0.5, 0.6) is 0 Å². The summed E-state index contributed by atoms with van der Waals surface area (Å²) in [5.74, 6) is -0.574. The van der Waals surface area contributed by atoms with Crippen molar-refractivity contribution in [3.8, 4) is 0 Å². The molecule has 0 saturated carbocycles. The Morgan fingerprint density at radius 1 is 0.382 bits per heavy atom. The third-order valence-corrected chi connectivity index (χ3v) is 10.4. The maximum absolute atomic E-state index is 14.0. The number of hydrogen-bond donors (Lipinski definition) is 0. The van der Waals surface area contributed by atoms with Gasteiger partial charge in [-0.15, -0.1) is 0 Å². The zero-order chi connectivity index (χ0) is 23.4. The first kappa shape index (κ1) is 22.1. The fourth-order valence-corrected chi connectivity index (χ4v) is 9.16. The van der Waals surface area contributed by atoms with Crippen LogP contribution in [-0.4, -0.2) is 5.29 Å². The molecule has 0 aromatic heterocycles. The van der Waals surface area contributed by atoms with Crippen molar-refractivity contribution in [1.82, 2.24) is 0 Å². The van der Waals surface area contributed by atoms with E-state index in [0.717, 1.165) is 16.4 Å². The van der Waals surface area contributed by atoms with Crippen molar-refractivity contribution in [3.05, 3.63) is 162 Å². The van der Waals surface area contributed by atoms with E-state index < -0.39 is 6.89 Å². The molecule has 3 heteroatoms. The van der Waals surface area contributed by atoms with Crippen molar-refractivity contribution in [2.75, 3.05) is 0 Å². The quantitative estimate of drug-likeness (QED) is 0.260. The Morgan fingerprint density at radius 3 is 0.971 bits per heavy atom. The normalized spacial score (nSPS) is 11.2. The topological polar surface area (TPSA) is 0 Å². The second-order valence-electron chi connectivity index (χ2n) is 8.04. The Labute approximate surface area is 199 Å². The van der Waals surface area contributed by atoms with E-state index in [1.807, 2.05) is 42.5 Å². The fourth-order valence-electron chi connectivity index (χ4n) is 4.56. The number of rotatable bonds is 5. The van der Waals surface area contributed by atoms with Crippen molar-refractivity contribution < 1.29 is 8.78 Å². The molecule has 0 amide bonds. The third kappa shape index (κ3) is 4.02. The molecule has 0 unspecified atom stereocenters. The minimum Gasteiger partial charge on any atom is -0.207 e. The molecule has 166 valence electrons. The fraction of sp³-hybridized carbons (Fsp3) is 0. The van der Waals surface area contributed by atoms with Gasteiger partial charge in [0.2, 0.25) is 0 Å². The average Bonchev–Trinajstić information content (AvgIpc) is 2.90. The highest BCUT2D eigenvalue weighted by molar-refractivity contribution is 7.96. The molecular weight excluding hydrogens is 441 g/mol. The van der Waals surface area contributed by atoms with E-state index in [4.69, 9.17) is 0 Å². The van der Waals surface area contributed by atoms with Crippen LogP contribution in [0.2, 0.25) is 0 Å². The lowest BCUT2D eigenvalue weighted by atomic mass is 10.0. The summed E-state index contributed by atoms with van der Waals surface area (Å²) in [6, 6.07) is 44.7. The molecule has 5 aromatic carbocycles. The minimum absolute atomic E-state index is 0.287. The van der Waals surface area contributed by atoms with Crippen LogP contribution in [0, 0.1) is 11.6 Å². The minimum atomic E-state index is -2.47. The first-order valence-corrected chi connectivity index (χ1v) is 12.9. The molecule has 0 atom stereocenters. The van der Waals surface area contributed by atoms with Crippen LogP contribution < -0.4 is 15.9 Å². The maximum atomic E-state index is 14.0. The van der Waals surface area contributed by atoms with Gasteiger partial charge in [0.1, 0.15) is 11.6 Å². The summed E-state index contributed by atoms with van der Waals surface area (Å²) in [4.78, 5) is 0. The van der Waals surface area contributed by atoms with Crippen LogP contribution in [0.3, 0.4) is 0 Å². The van der Waals surface area contributed by atoms with Crippen LogP contribution >= 0.6 is 6.89 Å². The van der Waals surface area contributed by atoms with E-state index in [-0.39, 0.29) is 11.6 Å². The van der Waals surface area contributed by atoms with Gasteiger partial charge in [-0.3, -0.25) is 0 Å². The summed E-state index contributed by atoms with van der Waals surface area (Å²) in [7, 11) is 0. The molecule has 0 N–H and O–H groups in total. The molecule has 34 heavy (non-hydrogen) atoms. The van der Waals surface area contributed by atoms with Gasteiger partial charge >= 0.3 is 0 Å². The maximum Gasteiger partial charge on any atom is 0.123 e. The predicted molar refractivity (Wildman–Crippen MR) is 141 cm³/mol. The van der Waals surface area contributed by atoms with Crippen molar-refractivity contribution >= 4 is 28.1 Å². The summed E-state index contributed by atoms with van der Waals surface area (Å²) in [5, 5.41) is 4.60. The molecule has 0 aliphatic rings. The van der Waals surface area contributed by atoms with Gasteiger partial charge in [0, 0.05) is 0 Å². The second kappa shape index (κ2) is 9.63. The van der Waals surface area contributed by atoms with Crippen LogP contribution in [0.4, 0.5) is 8.78 Å². The van der Waals surface area contributed by atoms with Crippen LogP contribution in [0.1, 0.15) is 11.1 Å². The van der Waals surface area contributed by atoms with Gasteiger partial charge in [0.15, 0.2) is 0 Å². The lowest BCUT2D eigenvalue weighted by Crippen LogP contribution is -2.31. The molecule has 5 aromatic rings. The van der Waals surface area contributed by atoms with Crippen molar-refractivity contribution in [3.63, 3.8) is 0 Å². The molecular formula is C31H23F2P. The van der Waals surface area contributed by atoms with Gasteiger partial charge in [0.25, 0.3) is 0 Å². The molecule has 0 spiro atoms. The predicted octanol–water partition coefficient (Wildman–Crippen LogP) is 6.53. The Hall–Kier alpha value is -3.74. The van der Waals surface area contributed by atoms with E-state index in [9.17, 15) is 8.78 Å². The largest absolute Gasteiger partial charge is 0.207 e. The van der Waals surface area contributed by atoms with Gasteiger partial charge in [-0.25, -0.2) is 8.78 Å². The van der Waals surface area contributed by atoms with E-state index in [1.54, 1.807) is 0 Å². The van der Waals surface area contributed by atoms with E-state index in [1.165, 1.54) is 40.2 Å². The molecule has 0 aliphatic carbocycles. The first-order chi connectivity index (χ1) is 16.7. The SMILES string of the molecule is Fc1ccc(C(c2ccc(F)cc2)=P(c2ccccc2)(c2ccccc2)c2ccccc2)cc1. The summed E-state index contributed by atoms with van der Waals surface area (Å²) in [6.07, 6.45) is 0. The number of hydrogen-bond acceptors (Lipinski definition) is 0. The monoisotopic (exact) mass is 464 g/mol. The summed E-state index contributed by atoms with van der Waals surface area (Å²) < 4.78 is 28.0. The van der Waals surface area contributed by atoms with E-state index in [0.29, 0.717) is 0 Å². The lowest BCUT2D eigenvalue weighted by Gasteiger charge is -2.33. The highest BCUT2D eigenvalue weighted by atomic mass is 31.2. The summed E-state index contributed by atoms with van der Waals surface area (Å²) >= 11 is 0. The Bertz CT molecular complexity index is 1270. The van der Waals surface area contributed by atoms with Crippen LogP contribution in [0.15, 0.2) is 140 Å². The Morgan fingerprint density at radius 2 is 0.676 bits per heavy atom. The number of halogens is 2. The zero-order valence-corrected chi connectivity index (χ0v) is 19.4. The smallest absolute Gasteiger partial charge is 0.123 e. The molecule has 0 saturated heterocycles. The van der Waals surface area contributed by atoms with E-state index in [2.05, 4.69) is 72.8 Å². The van der Waals surface area contributed by atoms with Gasteiger partial charge in [0.05, 0.1) is 0 Å². The Kier molecular flexibility index (Phi) is 6.25. The molecule has 0 heterocycles. The average molecular weight is 464 g/mol. The summed E-state index contributed by atoms with van der Waals surface area (Å²) in [6.45, 7) is -2.47. The number of benzene rings is 5. The molecule has 0 bridgehead atoms. The Balaban J connectivity index is 2.08.